The number of amides is 1. The monoisotopic (exact) mass is 317 g/mol. The molecule has 1 aromatic rings. The number of carbonyl (C=O) groups is 1. The van der Waals surface area contributed by atoms with Crippen LogP contribution in [0.2, 0.25) is 0 Å². The standard InChI is InChI=1S/C13H20FN3O3S/c1-8(2)6-11(15)13(18)16-9-4-5-10(14)12(7-9)17-21(3,19)20/h4-5,7-8,11,17H,6,15H2,1-3H3,(H,16,18)/t11-/m1/s1. The third-order valence-electron chi connectivity index (χ3n) is 2.59. The Morgan fingerprint density at radius 1 is 1.38 bits per heavy atom. The van der Waals surface area contributed by atoms with Crippen molar-refractivity contribution in [3.63, 3.8) is 0 Å². The Kier molecular flexibility index (Phi) is 5.68. The molecule has 1 atom stereocenters. The van der Waals surface area contributed by atoms with Gasteiger partial charge in [-0.1, -0.05) is 13.8 Å². The van der Waals surface area contributed by atoms with E-state index in [-0.39, 0.29) is 17.3 Å². The molecule has 1 amide bonds. The normalized spacial score (nSPS) is 13.0. The molecule has 0 radical (unpaired) electrons. The average molecular weight is 317 g/mol. The van der Waals surface area contributed by atoms with Crippen molar-refractivity contribution in [2.75, 3.05) is 16.3 Å². The van der Waals surface area contributed by atoms with E-state index in [0.717, 1.165) is 12.3 Å². The fourth-order valence-corrected chi connectivity index (χ4v) is 2.29. The zero-order chi connectivity index (χ0) is 16.2. The molecule has 0 aliphatic heterocycles. The molecular weight excluding hydrogens is 297 g/mol. The Labute approximate surface area is 124 Å². The quantitative estimate of drug-likeness (QED) is 0.740. The van der Waals surface area contributed by atoms with Crippen LogP contribution in [0.1, 0.15) is 20.3 Å². The molecule has 6 nitrogen and oxygen atoms in total. The summed E-state index contributed by atoms with van der Waals surface area (Å²) in [6.45, 7) is 3.89. The SMILES string of the molecule is CC(C)C[C@@H](N)C(=O)Nc1ccc(F)c(NS(C)(=O)=O)c1. The highest BCUT2D eigenvalue weighted by molar-refractivity contribution is 7.92. The van der Waals surface area contributed by atoms with Crippen LogP contribution < -0.4 is 15.8 Å². The predicted octanol–water partition coefficient (Wildman–Crippen LogP) is 1.51. The molecular formula is C13H20FN3O3S. The summed E-state index contributed by atoms with van der Waals surface area (Å²) in [5.41, 5.74) is 5.78. The van der Waals surface area contributed by atoms with Crippen molar-refractivity contribution in [3.05, 3.63) is 24.0 Å². The highest BCUT2D eigenvalue weighted by Crippen LogP contribution is 2.20. The Morgan fingerprint density at radius 3 is 2.52 bits per heavy atom. The van der Waals surface area contributed by atoms with Crippen molar-refractivity contribution in [3.8, 4) is 0 Å². The van der Waals surface area contributed by atoms with Crippen molar-refractivity contribution < 1.29 is 17.6 Å². The second-order valence-corrected chi connectivity index (χ2v) is 7.04. The average Bonchev–Trinajstić information content (AvgIpc) is 2.30. The maximum Gasteiger partial charge on any atom is 0.241 e. The summed E-state index contributed by atoms with van der Waals surface area (Å²) in [6.07, 6.45) is 1.43. The molecule has 0 aromatic heterocycles. The number of anilines is 2. The second-order valence-electron chi connectivity index (χ2n) is 5.29. The lowest BCUT2D eigenvalue weighted by Gasteiger charge is -2.15. The fourth-order valence-electron chi connectivity index (χ4n) is 1.73. The smallest absolute Gasteiger partial charge is 0.241 e. The first-order valence-electron chi connectivity index (χ1n) is 6.42. The van der Waals surface area contributed by atoms with E-state index in [9.17, 15) is 17.6 Å². The number of nitrogens with two attached hydrogens (primary N) is 1. The van der Waals surface area contributed by atoms with Gasteiger partial charge in [-0.3, -0.25) is 9.52 Å². The van der Waals surface area contributed by atoms with Crippen molar-refractivity contribution in [2.24, 2.45) is 11.7 Å². The van der Waals surface area contributed by atoms with Gasteiger partial charge in [0.05, 0.1) is 18.0 Å². The number of nitrogens with one attached hydrogen (secondary N) is 2. The van der Waals surface area contributed by atoms with Crippen LogP contribution in [-0.4, -0.2) is 26.6 Å². The summed E-state index contributed by atoms with van der Waals surface area (Å²) < 4.78 is 37.8. The van der Waals surface area contributed by atoms with E-state index >= 15 is 0 Å². The number of rotatable bonds is 6. The molecule has 0 fully saturated rings. The third-order valence-corrected chi connectivity index (χ3v) is 3.18. The van der Waals surface area contributed by atoms with Gasteiger partial charge in [0.15, 0.2) is 0 Å². The number of benzene rings is 1. The first kappa shape index (κ1) is 17.4. The van der Waals surface area contributed by atoms with Crippen molar-refractivity contribution in [2.45, 2.75) is 26.3 Å². The highest BCUT2D eigenvalue weighted by atomic mass is 32.2. The molecule has 0 heterocycles. The maximum atomic E-state index is 13.5. The third kappa shape index (κ3) is 6.09. The first-order chi connectivity index (χ1) is 9.58. The lowest BCUT2D eigenvalue weighted by atomic mass is 10.0. The first-order valence-corrected chi connectivity index (χ1v) is 8.31. The Bertz CT molecular complexity index is 617. The van der Waals surface area contributed by atoms with E-state index < -0.39 is 27.8 Å². The van der Waals surface area contributed by atoms with Crippen LogP contribution in [0.25, 0.3) is 0 Å². The van der Waals surface area contributed by atoms with Crippen LogP contribution in [0.3, 0.4) is 0 Å². The van der Waals surface area contributed by atoms with Crippen LogP contribution in [0, 0.1) is 11.7 Å². The van der Waals surface area contributed by atoms with Gasteiger partial charge in [-0.05, 0) is 30.5 Å². The molecule has 0 saturated heterocycles. The van der Waals surface area contributed by atoms with Gasteiger partial charge in [-0.15, -0.1) is 0 Å². The van der Waals surface area contributed by atoms with Gasteiger partial charge in [-0.25, -0.2) is 12.8 Å². The summed E-state index contributed by atoms with van der Waals surface area (Å²) in [5, 5.41) is 2.54. The van der Waals surface area contributed by atoms with E-state index in [1.165, 1.54) is 12.1 Å². The Hall–Kier alpha value is -1.67. The van der Waals surface area contributed by atoms with E-state index in [4.69, 9.17) is 5.73 Å². The summed E-state index contributed by atoms with van der Waals surface area (Å²) in [7, 11) is -3.60. The van der Waals surface area contributed by atoms with Crippen molar-refractivity contribution in [1.29, 1.82) is 0 Å². The van der Waals surface area contributed by atoms with Gasteiger partial charge in [0, 0.05) is 5.69 Å². The number of hydrogen-bond donors (Lipinski definition) is 3. The highest BCUT2D eigenvalue weighted by Gasteiger charge is 2.16. The summed E-state index contributed by atoms with van der Waals surface area (Å²) in [5.74, 6) is -0.869. The number of halogens is 1. The zero-order valence-corrected chi connectivity index (χ0v) is 13.0. The molecule has 0 unspecified atom stereocenters. The second kappa shape index (κ2) is 6.86. The molecule has 0 spiro atoms. The van der Waals surface area contributed by atoms with Gasteiger partial charge in [-0.2, -0.15) is 0 Å². The molecule has 8 heteroatoms. The molecule has 0 bridgehead atoms. The molecule has 4 N–H and O–H groups in total. The minimum atomic E-state index is -3.60. The fraction of sp³-hybridized carbons (Fsp3) is 0.462. The Morgan fingerprint density at radius 2 is 2.00 bits per heavy atom. The minimum Gasteiger partial charge on any atom is -0.325 e. The van der Waals surface area contributed by atoms with E-state index in [0.29, 0.717) is 6.42 Å². The lowest BCUT2D eigenvalue weighted by Crippen LogP contribution is -2.36. The van der Waals surface area contributed by atoms with Crippen LogP contribution in [-0.2, 0) is 14.8 Å². The van der Waals surface area contributed by atoms with Crippen LogP contribution in [0.4, 0.5) is 15.8 Å². The summed E-state index contributed by atoms with van der Waals surface area (Å²) in [6, 6.07) is 2.93. The number of carbonyl (C=O) groups excluding carboxylic acids is 1. The van der Waals surface area contributed by atoms with Gasteiger partial charge >= 0.3 is 0 Å². The van der Waals surface area contributed by atoms with Gasteiger partial charge in [0.1, 0.15) is 5.82 Å². The minimum absolute atomic E-state index is 0.229. The van der Waals surface area contributed by atoms with Crippen molar-refractivity contribution in [1.82, 2.24) is 0 Å². The molecule has 1 aromatic carbocycles. The van der Waals surface area contributed by atoms with Crippen LogP contribution in [0.5, 0.6) is 0 Å². The molecule has 1 rings (SSSR count). The number of sulfonamides is 1. The van der Waals surface area contributed by atoms with Crippen LogP contribution in [0.15, 0.2) is 18.2 Å². The molecule has 0 saturated carbocycles. The molecule has 118 valence electrons. The van der Waals surface area contributed by atoms with Gasteiger partial charge in [0.25, 0.3) is 0 Å². The lowest BCUT2D eigenvalue weighted by molar-refractivity contribution is -0.117. The molecule has 0 aliphatic carbocycles. The largest absolute Gasteiger partial charge is 0.325 e. The Balaban J connectivity index is 2.85. The van der Waals surface area contributed by atoms with E-state index in [1.54, 1.807) is 0 Å². The molecule has 0 aliphatic rings. The van der Waals surface area contributed by atoms with Gasteiger partial charge in [0.2, 0.25) is 15.9 Å². The van der Waals surface area contributed by atoms with E-state index in [2.05, 4.69) is 5.32 Å². The van der Waals surface area contributed by atoms with Crippen LogP contribution >= 0.6 is 0 Å². The topological polar surface area (TPSA) is 101 Å². The summed E-state index contributed by atoms with van der Waals surface area (Å²) >= 11 is 0. The maximum absolute atomic E-state index is 13.5. The summed E-state index contributed by atoms with van der Waals surface area (Å²) in [4.78, 5) is 11.9. The van der Waals surface area contributed by atoms with Crippen molar-refractivity contribution >= 4 is 27.3 Å². The zero-order valence-electron chi connectivity index (χ0n) is 12.2. The van der Waals surface area contributed by atoms with Gasteiger partial charge < -0.3 is 11.1 Å². The molecule has 21 heavy (non-hydrogen) atoms. The number of hydrogen-bond acceptors (Lipinski definition) is 4. The van der Waals surface area contributed by atoms with E-state index in [1.807, 2.05) is 18.6 Å². The predicted molar refractivity (Wildman–Crippen MR) is 80.9 cm³/mol.